The minimum absolute atomic E-state index is 0.0302. The Kier molecular flexibility index (Phi) is 8.16. The number of ether oxygens (including phenoxy) is 2. The number of halogens is 4. The molecule has 9 nitrogen and oxygen atoms in total. The minimum Gasteiger partial charge on any atom is -0.394 e. The molecule has 2 unspecified atom stereocenters. The molecule has 1 aliphatic rings. The maximum absolute atomic E-state index is 13.8. The van der Waals surface area contributed by atoms with Gasteiger partial charge in [0.05, 0.1) is 23.5 Å². The van der Waals surface area contributed by atoms with Crippen molar-refractivity contribution in [3.05, 3.63) is 77.5 Å². The number of rotatable bonds is 7. The molecule has 5 atom stereocenters. The molecule has 4 heterocycles. The van der Waals surface area contributed by atoms with E-state index in [2.05, 4.69) is 20.3 Å². The Hall–Kier alpha value is -3.07. The Morgan fingerprint density at radius 1 is 1.13 bits per heavy atom. The SMILES string of the molecule is COC1[C@@H](Sc2cc(Cl)cnc2-c2ccccn2)OC(CO)[C@H](O)[C@@H]1n1cc(-c2cc(F)c(F)c(F)c2)nn1. The summed E-state index contributed by atoms with van der Waals surface area (Å²) >= 11 is 7.44. The highest BCUT2D eigenvalue weighted by atomic mass is 35.5. The van der Waals surface area contributed by atoms with Crippen molar-refractivity contribution in [3.8, 4) is 22.6 Å². The summed E-state index contributed by atoms with van der Waals surface area (Å²) in [6.45, 7) is -0.526. The van der Waals surface area contributed by atoms with Crippen molar-refractivity contribution in [1.29, 1.82) is 0 Å². The van der Waals surface area contributed by atoms with E-state index in [4.69, 9.17) is 21.1 Å². The number of aromatic nitrogens is 5. The van der Waals surface area contributed by atoms with Crippen molar-refractivity contribution in [2.45, 2.75) is 34.7 Å². The number of benzene rings is 1. The molecule has 0 spiro atoms. The average molecular weight is 580 g/mol. The van der Waals surface area contributed by atoms with Gasteiger partial charge in [-0.25, -0.2) is 17.9 Å². The molecule has 2 N–H and O–H groups in total. The summed E-state index contributed by atoms with van der Waals surface area (Å²) < 4.78 is 54.1. The number of aliphatic hydroxyl groups is 2. The van der Waals surface area contributed by atoms with Crippen molar-refractivity contribution >= 4 is 23.4 Å². The van der Waals surface area contributed by atoms with Gasteiger partial charge in [-0.3, -0.25) is 9.97 Å². The summed E-state index contributed by atoms with van der Waals surface area (Å²) in [7, 11) is 1.42. The maximum Gasteiger partial charge on any atom is 0.194 e. The van der Waals surface area contributed by atoms with Crippen LogP contribution in [0.2, 0.25) is 5.02 Å². The molecule has 1 saturated heterocycles. The summed E-state index contributed by atoms with van der Waals surface area (Å²) in [6, 6.07) is 7.71. The van der Waals surface area contributed by atoms with Gasteiger partial charge in [0.25, 0.3) is 0 Å². The molecule has 0 amide bonds. The van der Waals surface area contributed by atoms with Gasteiger partial charge in [0.15, 0.2) is 17.5 Å². The topological polar surface area (TPSA) is 115 Å². The van der Waals surface area contributed by atoms with Crippen LogP contribution >= 0.6 is 23.4 Å². The van der Waals surface area contributed by atoms with Gasteiger partial charge in [-0.2, -0.15) is 0 Å². The van der Waals surface area contributed by atoms with Crippen LogP contribution in [0.15, 0.2) is 59.9 Å². The second kappa shape index (κ2) is 11.6. The first-order valence-electron chi connectivity index (χ1n) is 11.6. The molecule has 39 heavy (non-hydrogen) atoms. The number of aliphatic hydroxyl groups excluding tert-OH is 2. The van der Waals surface area contributed by atoms with E-state index >= 15 is 0 Å². The third-order valence-electron chi connectivity index (χ3n) is 6.16. The summed E-state index contributed by atoms with van der Waals surface area (Å²) in [4.78, 5) is 9.39. The number of thioether (sulfide) groups is 1. The molecule has 0 saturated carbocycles. The molecule has 1 aromatic carbocycles. The van der Waals surface area contributed by atoms with Gasteiger partial charge in [-0.1, -0.05) is 34.6 Å². The molecule has 204 valence electrons. The predicted molar refractivity (Wildman–Crippen MR) is 135 cm³/mol. The van der Waals surface area contributed by atoms with Crippen LogP contribution in [-0.2, 0) is 9.47 Å². The number of pyridine rings is 2. The molecule has 0 aliphatic carbocycles. The fraction of sp³-hybridized carbons (Fsp3) is 0.280. The van der Waals surface area contributed by atoms with Crippen LogP contribution in [0.4, 0.5) is 13.2 Å². The molecule has 14 heteroatoms. The van der Waals surface area contributed by atoms with Crippen LogP contribution < -0.4 is 0 Å². The van der Waals surface area contributed by atoms with Gasteiger partial charge in [-0.15, -0.1) is 5.10 Å². The van der Waals surface area contributed by atoms with Crippen LogP contribution in [0.1, 0.15) is 6.04 Å². The molecule has 1 fully saturated rings. The van der Waals surface area contributed by atoms with Gasteiger partial charge < -0.3 is 19.7 Å². The van der Waals surface area contributed by atoms with E-state index in [1.165, 1.54) is 35.9 Å². The Morgan fingerprint density at radius 3 is 2.56 bits per heavy atom. The summed E-state index contributed by atoms with van der Waals surface area (Å²) in [6.07, 6.45) is 1.25. The minimum atomic E-state index is -1.60. The molecule has 3 aromatic heterocycles. The lowest BCUT2D eigenvalue weighted by molar-refractivity contribution is -0.186. The zero-order valence-corrected chi connectivity index (χ0v) is 21.7. The van der Waals surface area contributed by atoms with E-state index in [-0.39, 0.29) is 11.3 Å². The summed E-state index contributed by atoms with van der Waals surface area (Å²) in [5.41, 5.74) is 0.300. The third kappa shape index (κ3) is 5.51. The normalized spacial score (nSPS) is 23.2. The van der Waals surface area contributed by atoms with Gasteiger partial charge >= 0.3 is 0 Å². The Balaban J connectivity index is 1.50. The van der Waals surface area contributed by atoms with Crippen LogP contribution in [0.5, 0.6) is 0 Å². The Labute approximate surface area is 229 Å². The van der Waals surface area contributed by atoms with E-state index in [0.717, 1.165) is 12.1 Å². The average Bonchev–Trinajstić information content (AvgIpc) is 3.42. The maximum atomic E-state index is 13.8. The Bertz CT molecular complexity index is 1440. The first-order valence-corrected chi connectivity index (χ1v) is 12.8. The van der Waals surface area contributed by atoms with Crippen molar-refractivity contribution in [2.75, 3.05) is 13.7 Å². The standard InChI is InChI=1S/C25H21ClF3N5O4S/c1-37-24-22(34-10-17(32-33-34)12-6-14(27)20(29)15(28)7-12)23(36)18(11-35)38-25(24)39-19-8-13(26)9-31-21(19)16-4-2-3-5-30-16/h2-10,18,22-25,35-36H,11H2,1H3/t18?,22-,23-,24?,25+/m0/s1. The van der Waals surface area contributed by atoms with Crippen molar-refractivity contribution in [3.63, 3.8) is 0 Å². The molecule has 0 bridgehead atoms. The van der Waals surface area contributed by atoms with Crippen molar-refractivity contribution in [1.82, 2.24) is 25.0 Å². The van der Waals surface area contributed by atoms with Gasteiger partial charge in [0.1, 0.15) is 41.2 Å². The highest BCUT2D eigenvalue weighted by Crippen LogP contribution is 2.42. The smallest absolute Gasteiger partial charge is 0.194 e. The quantitative estimate of drug-likeness (QED) is 0.315. The second-order valence-corrected chi connectivity index (χ2v) is 10.2. The number of hydrogen-bond donors (Lipinski definition) is 2. The molecular formula is C25H21ClF3N5O4S. The summed E-state index contributed by atoms with van der Waals surface area (Å²) in [5, 5.41) is 29.4. The zero-order chi connectivity index (χ0) is 27.7. The Morgan fingerprint density at radius 2 is 1.90 bits per heavy atom. The van der Waals surface area contributed by atoms with Crippen molar-refractivity contribution in [2.24, 2.45) is 0 Å². The highest BCUT2D eigenvalue weighted by molar-refractivity contribution is 8.00. The largest absolute Gasteiger partial charge is 0.394 e. The van der Waals surface area contributed by atoms with Crippen LogP contribution in [0.25, 0.3) is 22.6 Å². The zero-order valence-electron chi connectivity index (χ0n) is 20.2. The molecule has 4 aromatic rings. The first-order chi connectivity index (χ1) is 18.8. The first kappa shape index (κ1) is 27.5. The van der Waals surface area contributed by atoms with E-state index < -0.39 is 53.8 Å². The molecular weight excluding hydrogens is 559 g/mol. The highest BCUT2D eigenvalue weighted by Gasteiger charge is 2.47. The van der Waals surface area contributed by atoms with E-state index in [1.807, 2.05) is 6.07 Å². The fourth-order valence-electron chi connectivity index (χ4n) is 4.30. The van der Waals surface area contributed by atoms with Crippen LogP contribution in [-0.4, -0.2) is 72.6 Å². The van der Waals surface area contributed by atoms with Crippen molar-refractivity contribution < 1.29 is 32.9 Å². The molecule has 0 radical (unpaired) electrons. The molecule has 5 rings (SSSR count). The predicted octanol–water partition coefficient (Wildman–Crippen LogP) is 3.90. The van der Waals surface area contributed by atoms with Gasteiger partial charge in [0.2, 0.25) is 0 Å². The van der Waals surface area contributed by atoms with E-state index in [1.54, 1.807) is 24.4 Å². The molecule has 1 aliphatic heterocycles. The van der Waals surface area contributed by atoms with Gasteiger partial charge in [0, 0.05) is 30.0 Å². The second-order valence-electron chi connectivity index (χ2n) is 8.58. The summed E-state index contributed by atoms with van der Waals surface area (Å²) in [5.74, 6) is -4.36. The van der Waals surface area contributed by atoms with Gasteiger partial charge in [-0.05, 0) is 30.3 Å². The lowest BCUT2D eigenvalue weighted by atomic mass is 9.97. The lowest BCUT2D eigenvalue weighted by Crippen LogP contribution is -2.55. The van der Waals surface area contributed by atoms with Crippen LogP contribution in [0.3, 0.4) is 0 Å². The number of hydrogen-bond acceptors (Lipinski definition) is 9. The van der Waals surface area contributed by atoms with Crippen LogP contribution in [0, 0.1) is 17.5 Å². The third-order valence-corrected chi connectivity index (χ3v) is 7.55. The monoisotopic (exact) mass is 579 g/mol. The van der Waals surface area contributed by atoms with E-state index in [9.17, 15) is 23.4 Å². The number of methoxy groups -OCH3 is 1. The lowest BCUT2D eigenvalue weighted by Gasteiger charge is -2.43. The van der Waals surface area contributed by atoms with E-state index in [0.29, 0.717) is 21.3 Å². The fourth-order valence-corrected chi connectivity index (χ4v) is 5.84. The number of nitrogens with zero attached hydrogens (tertiary/aromatic N) is 5.